The number of piperidine rings is 1. The fourth-order valence-corrected chi connectivity index (χ4v) is 4.04. The number of carbonyl (C=O) groups is 3. The van der Waals surface area contributed by atoms with E-state index in [0.717, 1.165) is 38.8 Å². The zero-order chi connectivity index (χ0) is 20.2. The van der Waals surface area contributed by atoms with Gasteiger partial charge in [0.15, 0.2) is 11.5 Å². The minimum atomic E-state index is -0.590. The number of likely N-dealkylation sites (tertiary alicyclic amines) is 2. The minimum absolute atomic E-state index is 0.0571. The summed E-state index contributed by atoms with van der Waals surface area (Å²) in [4.78, 5) is 40.7. The van der Waals surface area contributed by atoms with Gasteiger partial charge < -0.3 is 19.7 Å². The average molecular weight is 402 g/mol. The van der Waals surface area contributed by atoms with Crippen LogP contribution in [0.25, 0.3) is 0 Å². The highest BCUT2D eigenvalue weighted by Gasteiger charge is 2.30. The van der Waals surface area contributed by atoms with Crippen molar-refractivity contribution in [1.82, 2.24) is 15.1 Å². The molecule has 9 nitrogen and oxygen atoms in total. The summed E-state index contributed by atoms with van der Waals surface area (Å²) >= 11 is 0. The third kappa shape index (κ3) is 4.79. The van der Waals surface area contributed by atoms with E-state index in [1.54, 1.807) is 18.2 Å². The highest BCUT2D eigenvalue weighted by Crippen LogP contribution is 2.34. The van der Waals surface area contributed by atoms with Crippen LogP contribution < -0.4 is 20.1 Å². The number of hydrogen-bond acceptors (Lipinski definition) is 6. The second-order valence-electron chi connectivity index (χ2n) is 7.65. The summed E-state index contributed by atoms with van der Waals surface area (Å²) in [5.41, 5.74) is 0.515. The number of benzene rings is 1. The van der Waals surface area contributed by atoms with Crippen LogP contribution in [-0.4, -0.2) is 67.2 Å². The second-order valence-corrected chi connectivity index (χ2v) is 7.65. The molecule has 3 aliphatic rings. The van der Waals surface area contributed by atoms with Crippen LogP contribution in [0, 0.1) is 5.92 Å². The molecule has 1 aromatic rings. The van der Waals surface area contributed by atoms with Gasteiger partial charge in [-0.3, -0.25) is 19.8 Å². The highest BCUT2D eigenvalue weighted by molar-refractivity contribution is 6.01. The fourth-order valence-electron chi connectivity index (χ4n) is 4.04. The van der Waals surface area contributed by atoms with Crippen molar-refractivity contribution >= 4 is 23.5 Å². The summed E-state index contributed by atoms with van der Waals surface area (Å²) in [7, 11) is 0. The molecule has 0 spiro atoms. The lowest BCUT2D eigenvalue weighted by Gasteiger charge is -2.32. The molecule has 9 heteroatoms. The molecule has 0 atom stereocenters. The van der Waals surface area contributed by atoms with Crippen molar-refractivity contribution < 1.29 is 23.9 Å². The Morgan fingerprint density at radius 3 is 2.48 bits per heavy atom. The van der Waals surface area contributed by atoms with E-state index in [-0.39, 0.29) is 31.1 Å². The summed E-state index contributed by atoms with van der Waals surface area (Å²) in [5, 5.41) is 4.96. The number of hydrogen-bond donors (Lipinski definition) is 2. The first kappa shape index (κ1) is 19.5. The maximum absolute atomic E-state index is 12.5. The fraction of sp³-hybridized carbons (Fsp3) is 0.550. The van der Waals surface area contributed by atoms with Gasteiger partial charge in [0, 0.05) is 30.8 Å². The molecule has 4 amide bonds. The number of ether oxygens (including phenoxy) is 2. The maximum atomic E-state index is 12.5. The van der Waals surface area contributed by atoms with Gasteiger partial charge in [0.05, 0.1) is 6.54 Å². The topological polar surface area (TPSA) is 100 Å². The molecule has 156 valence electrons. The molecule has 0 saturated carbocycles. The van der Waals surface area contributed by atoms with E-state index in [1.807, 2.05) is 9.80 Å². The first-order valence-corrected chi connectivity index (χ1v) is 10.1. The zero-order valence-electron chi connectivity index (χ0n) is 16.3. The van der Waals surface area contributed by atoms with Gasteiger partial charge in [0.25, 0.3) is 0 Å². The van der Waals surface area contributed by atoms with E-state index >= 15 is 0 Å². The number of nitrogens with one attached hydrogen (secondary N) is 2. The van der Waals surface area contributed by atoms with Crippen LogP contribution >= 0.6 is 0 Å². The Labute approximate surface area is 169 Å². The molecule has 2 saturated heterocycles. The number of anilines is 1. The third-order valence-corrected chi connectivity index (χ3v) is 5.61. The van der Waals surface area contributed by atoms with Crippen molar-refractivity contribution in [2.45, 2.75) is 25.7 Å². The Balaban J connectivity index is 1.19. The van der Waals surface area contributed by atoms with Gasteiger partial charge in [0.1, 0.15) is 0 Å². The number of fused-ring (bicyclic) bond motifs is 1. The van der Waals surface area contributed by atoms with E-state index in [2.05, 4.69) is 10.6 Å². The van der Waals surface area contributed by atoms with Crippen molar-refractivity contribution in [1.29, 1.82) is 0 Å². The number of imide groups is 1. The molecule has 29 heavy (non-hydrogen) atoms. The largest absolute Gasteiger partial charge is 0.454 e. The van der Waals surface area contributed by atoms with Crippen LogP contribution in [0.3, 0.4) is 0 Å². The SMILES string of the molecule is O=C(CN1CCC(C(=O)N2CCCC2)CC1)NC(=O)Nc1ccc2c(c1)OCO2. The van der Waals surface area contributed by atoms with Crippen LogP contribution in [0.4, 0.5) is 10.5 Å². The smallest absolute Gasteiger partial charge is 0.325 e. The third-order valence-electron chi connectivity index (χ3n) is 5.61. The lowest BCUT2D eigenvalue weighted by atomic mass is 9.95. The monoisotopic (exact) mass is 402 g/mol. The standard InChI is InChI=1S/C20H26N4O5/c25-18(22-20(27)21-15-3-4-16-17(11-15)29-13-28-16)12-23-9-5-14(6-10-23)19(26)24-7-1-2-8-24/h3-4,11,14H,1-2,5-10,12-13H2,(H2,21,22,25,27). The lowest BCUT2D eigenvalue weighted by molar-refractivity contribution is -0.136. The van der Waals surface area contributed by atoms with E-state index < -0.39 is 6.03 Å². The Hall–Kier alpha value is -2.81. The van der Waals surface area contributed by atoms with E-state index in [4.69, 9.17) is 9.47 Å². The summed E-state index contributed by atoms with van der Waals surface area (Å²) < 4.78 is 10.5. The molecule has 3 heterocycles. The van der Waals surface area contributed by atoms with E-state index in [1.165, 1.54) is 0 Å². The molecular formula is C20H26N4O5. The van der Waals surface area contributed by atoms with Crippen LogP contribution in [0.15, 0.2) is 18.2 Å². The van der Waals surface area contributed by atoms with Gasteiger partial charge in [0.2, 0.25) is 18.6 Å². The quantitative estimate of drug-likeness (QED) is 0.790. The molecule has 2 fully saturated rings. The first-order chi connectivity index (χ1) is 14.1. The molecule has 0 radical (unpaired) electrons. The van der Waals surface area contributed by atoms with Crippen LogP contribution in [0.2, 0.25) is 0 Å². The molecule has 2 N–H and O–H groups in total. The Kier molecular flexibility index (Phi) is 5.84. The van der Waals surface area contributed by atoms with Crippen molar-refractivity contribution in [2.75, 3.05) is 44.8 Å². The lowest BCUT2D eigenvalue weighted by Crippen LogP contribution is -2.46. The second kappa shape index (κ2) is 8.69. The van der Waals surface area contributed by atoms with Gasteiger partial charge in [-0.15, -0.1) is 0 Å². The highest BCUT2D eigenvalue weighted by atomic mass is 16.7. The maximum Gasteiger partial charge on any atom is 0.325 e. The molecule has 0 unspecified atom stereocenters. The molecule has 4 rings (SSSR count). The minimum Gasteiger partial charge on any atom is -0.454 e. The summed E-state index contributed by atoms with van der Waals surface area (Å²) in [6.45, 7) is 3.41. The van der Waals surface area contributed by atoms with Gasteiger partial charge in [-0.25, -0.2) is 4.79 Å². The number of carbonyl (C=O) groups excluding carboxylic acids is 3. The summed E-state index contributed by atoms with van der Waals surface area (Å²) in [5.74, 6) is 1.13. The molecule has 0 aliphatic carbocycles. The molecule has 0 bridgehead atoms. The van der Waals surface area contributed by atoms with E-state index in [9.17, 15) is 14.4 Å². The molecule has 1 aromatic carbocycles. The van der Waals surface area contributed by atoms with Crippen molar-refractivity contribution in [3.63, 3.8) is 0 Å². The molecule has 0 aromatic heterocycles. The number of rotatable bonds is 4. The Morgan fingerprint density at radius 2 is 1.72 bits per heavy atom. The van der Waals surface area contributed by atoms with Crippen molar-refractivity contribution in [2.24, 2.45) is 5.92 Å². The zero-order valence-corrected chi connectivity index (χ0v) is 16.3. The predicted molar refractivity (Wildman–Crippen MR) is 105 cm³/mol. The van der Waals surface area contributed by atoms with Gasteiger partial charge in [-0.05, 0) is 50.9 Å². The first-order valence-electron chi connectivity index (χ1n) is 10.1. The molecule has 3 aliphatic heterocycles. The van der Waals surface area contributed by atoms with E-state index in [0.29, 0.717) is 30.3 Å². The predicted octanol–water partition coefficient (Wildman–Crippen LogP) is 1.40. The van der Waals surface area contributed by atoms with Crippen LogP contribution in [-0.2, 0) is 9.59 Å². The van der Waals surface area contributed by atoms with Gasteiger partial charge >= 0.3 is 6.03 Å². The van der Waals surface area contributed by atoms with Gasteiger partial charge in [-0.1, -0.05) is 0 Å². The van der Waals surface area contributed by atoms with Crippen molar-refractivity contribution in [3.8, 4) is 11.5 Å². The summed E-state index contributed by atoms with van der Waals surface area (Å²) in [6.07, 6.45) is 3.70. The average Bonchev–Trinajstić information content (AvgIpc) is 3.39. The number of amides is 4. The van der Waals surface area contributed by atoms with Gasteiger partial charge in [-0.2, -0.15) is 0 Å². The number of nitrogens with zero attached hydrogens (tertiary/aromatic N) is 2. The number of urea groups is 1. The Morgan fingerprint density at radius 1 is 1.00 bits per heavy atom. The Bertz CT molecular complexity index is 785. The molecular weight excluding hydrogens is 376 g/mol. The normalized spacial score (nSPS) is 19.2. The van der Waals surface area contributed by atoms with Crippen LogP contribution in [0.1, 0.15) is 25.7 Å². The van der Waals surface area contributed by atoms with Crippen LogP contribution in [0.5, 0.6) is 11.5 Å². The van der Waals surface area contributed by atoms with Crippen molar-refractivity contribution in [3.05, 3.63) is 18.2 Å². The summed E-state index contributed by atoms with van der Waals surface area (Å²) in [6, 6.07) is 4.44.